The molecule has 0 unspecified atom stereocenters. The van der Waals surface area contributed by atoms with Crippen LogP contribution in [0.1, 0.15) is 29.8 Å². The van der Waals surface area contributed by atoms with E-state index in [1.54, 1.807) is 46.6 Å². The zero-order valence-electron chi connectivity index (χ0n) is 20.2. The van der Waals surface area contributed by atoms with Crippen LogP contribution in [0, 0.1) is 5.82 Å². The number of sulfonamides is 1. The summed E-state index contributed by atoms with van der Waals surface area (Å²) in [5.74, 6) is -0.137. The quantitative estimate of drug-likeness (QED) is 0.384. The molecule has 0 fully saturated rings. The van der Waals surface area contributed by atoms with Crippen molar-refractivity contribution in [1.82, 2.24) is 9.21 Å². The van der Waals surface area contributed by atoms with Gasteiger partial charge in [-0.3, -0.25) is 4.79 Å². The Bertz CT molecular complexity index is 1290. The molecule has 10 heteroatoms. The summed E-state index contributed by atoms with van der Waals surface area (Å²) in [5, 5.41) is 1.96. The van der Waals surface area contributed by atoms with Gasteiger partial charge in [-0.2, -0.15) is 4.31 Å². The van der Waals surface area contributed by atoms with E-state index in [-0.39, 0.29) is 36.2 Å². The van der Waals surface area contributed by atoms with Gasteiger partial charge in [-0.15, -0.1) is 11.3 Å². The molecule has 1 atom stereocenters. The van der Waals surface area contributed by atoms with Gasteiger partial charge in [0.25, 0.3) is 0 Å². The number of amides is 1. The lowest BCUT2D eigenvalue weighted by Crippen LogP contribution is -2.48. The second-order valence-corrected chi connectivity index (χ2v) is 11.3. The monoisotopic (exact) mass is 532 g/mol. The van der Waals surface area contributed by atoms with E-state index in [0.29, 0.717) is 25.1 Å². The molecule has 4 rings (SSSR count). The first-order valence-electron chi connectivity index (χ1n) is 11.7. The van der Waals surface area contributed by atoms with Gasteiger partial charge in [0.2, 0.25) is 15.9 Å². The van der Waals surface area contributed by atoms with Crippen molar-refractivity contribution >= 4 is 27.3 Å². The zero-order chi connectivity index (χ0) is 25.7. The van der Waals surface area contributed by atoms with Crippen molar-refractivity contribution in [3.63, 3.8) is 0 Å². The average Bonchev–Trinajstić information content (AvgIpc) is 3.37. The van der Waals surface area contributed by atoms with E-state index in [1.165, 1.54) is 29.6 Å². The summed E-state index contributed by atoms with van der Waals surface area (Å²) in [4.78, 5) is 16.5. The maximum absolute atomic E-state index is 14.1. The first kappa shape index (κ1) is 26.1. The third-order valence-electron chi connectivity index (χ3n) is 6.13. The highest BCUT2D eigenvalue weighted by molar-refractivity contribution is 7.89. The minimum atomic E-state index is -3.90. The number of fused-ring (bicyclic) bond motifs is 1. The Balaban J connectivity index is 1.56. The number of rotatable bonds is 10. The van der Waals surface area contributed by atoms with Gasteiger partial charge in [0.05, 0.1) is 24.6 Å². The van der Waals surface area contributed by atoms with Crippen molar-refractivity contribution in [3.8, 4) is 11.5 Å². The van der Waals surface area contributed by atoms with Crippen LogP contribution < -0.4 is 9.47 Å². The van der Waals surface area contributed by atoms with Crippen LogP contribution in [-0.2, 0) is 21.2 Å². The van der Waals surface area contributed by atoms with Crippen LogP contribution in [0.25, 0.3) is 0 Å². The number of halogens is 1. The molecule has 192 valence electrons. The van der Waals surface area contributed by atoms with Gasteiger partial charge in [-0.05, 0) is 66.2 Å². The number of thiophene rings is 1. The van der Waals surface area contributed by atoms with Crippen molar-refractivity contribution in [2.45, 2.75) is 30.7 Å². The van der Waals surface area contributed by atoms with Crippen LogP contribution in [0.2, 0.25) is 0 Å². The highest BCUT2D eigenvalue weighted by Gasteiger charge is 2.35. The van der Waals surface area contributed by atoms with E-state index < -0.39 is 21.9 Å². The molecule has 0 saturated carbocycles. The van der Waals surface area contributed by atoms with Crippen LogP contribution in [0.15, 0.2) is 64.9 Å². The lowest BCUT2D eigenvalue weighted by molar-refractivity contribution is -0.135. The Morgan fingerprint density at radius 3 is 2.61 bits per heavy atom. The van der Waals surface area contributed by atoms with Gasteiger partial charge in [0.1, 0.15) is 12.4 Å². The van der Waals surface area contributed by atoms with Crippen LogP contribution in [-0.4, -0.2) is 56.9 Å². The molecule has 3 aromatic rings. The molecule has 0 spiro atoms. The van der Waals surface area contributed by atoms with E-state index in [2.05, 4.69) is 0 Å². The fourth-order valence-electron chi connectivity index (χ4n) is 4.28. The summed E-state index contributed by atoms with van der Waals surface area (Å²) in [6, 6.07) is 13.8. The lowest BCUT2D eigenvalue weighted by Gasteiger charge is -2.37. The standard InChI is InChI=1S/C26H29FN2O5S2/c1-3-14-28(36(31,32)20-10-8-19(33-2)9-11-20)17-26(30)29-15-12-25-21(13-16-35-25)23(29)18-34-24-7-5-4-6-22(24)27/h4-11,13,16,23H,3,12,14-15,17-18H2,1-2H3/t23-/m1/s1. The molecule has 0 bridgehead atoms. The summed E-state index contributed by atoms with van der Waals surface area (Å²) in [6.45, 7) is 2.27. The second kappa shape index (κ2) is 11.4. The van der Waals surface area contributed by atoms with Crippen LogP contribution in [0.5, 0.6) is 11.5 Å². The molecule has 7 nitrogen and oxygen atoms in total. The smallest absolute Gasteiger partial charge is 0.243 e. The molecule has 1 aromatic heterocycles. The highest BCUT2D eigenvalue weighted by Crippen LogP contribution is 2.34. The van der Waals surface area contributed by atoms with Gasteiger partial charge in [0.15, 0.2) is 11.6 Å². The molecule has 1 amide bonds. The molecule has 1 aliphatic heterocycles. The number of carbonyl (C=O) groups is 1. The number of ether oxygens (including phenoxy) is 2. The van der Waals surface area contributed by atoms with E-state index in [1.807, 2.05) is 18.4 Å². The van der Waals surface area contributed by atoms with E-state index in [9.17, 15) is 17.6 Å². The van der Waals surface area contributed by atoms with E-state index in [0.717, 1.165) is 10.4 Å². The number of hydrogen-bond acceptors (Lipinski definition) is 6. The Hall–Kier alpha value is -2.95. The highest BCUT2D eigenvalue weighted by atomic mass is 32.2. The Kier molecular flexibility index (Phi) is 8.28. The fourth-order valence-corrected chi connectivity index (χ4v) is 6.69. The Morgan fingerprint density at radius 1 is 1.17 bits per heavy atom. The summed E-state index contributed by atoms with van der Waals surface area (Å²) in [7, 11) is -2.39. The molecule has 0 radical (unpaired) electrons. The Morgan fingerprint density at radius 2 is 1.92 bits per heavy atom. The van der Waals surface area contributed by atoms with Crippen LogP contribution in [0.3, 0.4) is 0 Å². The largest absolute Gasteiger partial charge is 0.497 e. The number of methoxy groups -OCH3 is 1. The summed E-state index contributed by atoms with van der Waals surface area (Å²) in [6.07, 6.45) is 1.23. The van der Waals surface area contributed by atoms with Gasteiger partial charge < -0.3 is 14.4 Å². The summed E-state index contributed by atoms with van der Waals surface area (Å²) < 4.78 is 53.0. The van der Waals surface area contributed by atoms with Crippen molar-refractivity contribution < 1.29 is 27.1 Å². The Labute approximate surface area is 215 Å². The normalized spacial score (nSPS) is 15.6. The van der Waals surface area contributed by atoms with Crippen molar-refractivity contribution in [2.24, 2.45) is 0 Å². The molecule has 0 aliphatic carbocycles. The van der Waals surface area contributed by atoms with Gasteiger partial charge in [-0.1, -0.05) is 19.1 Å². The van der Waals surface area contributed by atoms with Crippen LogP contribution >= 0.6 is 11.3 Å². The minimum absolute atomic E-state index is 0.0649. The second-order valence-electron chi connectivity index (χ2n) is 8.41. The predicted octanol–water partition coefficient (Wildman–Crippen LogP) is 4.50. The first-order valence-corrected chi connectivity index (χ1v) is 14.0. The summed E-state index contributed by atoms with van der Waals surface area (Å²) in [5.41, 5.74) is 0.955. The number of nitrogens with zero attached hydrogens (tertiary/aromatic N) is 2. The molecule has 2 heterocycles. The van der Waals surface area contributed by atoms with E-state index >= 15 is 0 Å². The zero-order valence-corrected chi connectivity index (χ0v) is 21.9. The molecular formula is C26H29FN2O5S2. The fraction of sp³-hybridized carbons (Fsp3) is 0.346. The molecule has 36 heavy (non-hydrogen) atoms. The van der Waals surface area contributed by atoms with Crippen molar-refractivity contribution in [1.29, 1.82) is 0 Å². The van der Waals surface area contributed by atoms with Crippen LogP contribution in [0.4, 0.5) is 4.39 Å². The molecular weight excluding hydrogens is 503 g/mol. The number of hydrogen-bond donors (Lipinski definition) is 0. The van der Waals surface area contributed by atoms with Gasteiger partial charge >= 0.3 is 0 Å². The average molecular weight is 533 g/mol. The first-order chi connectivity index (χ1) is 17.3. The molecule has 0 saturated heterocycles. The predicted molar refractivity (Wildman–Crippen MR) is 136 cm³/mol. The molecule has 0 N–H and O–H groups in total. The number of carbonyl (C=O) groups excluding carboxylic acids is 1. The van der Waals surface area contributed by atoms with Gasteiger partial charge in [-0.25, -0.2) is 12.8 Å². The third kappa shape index (κ3) is 5.55. The minimum Gasteiger partial charge on any atom is -0.497 e. The third-order valence-corrected chi connectivity index (χ3v) is 8.99. The maximum Gasteiger partial charge on any atom is 0.243 e. The number of para-hydroxylation sites is 1. The lowest BCUT2D eigenvalue weighted by atomic mass is 10.0. The topological polar surface area (TPSA) is 76.2 Å². The van der Waals surface area contributed by atoms with Crippen molar-refractivity contribution in [2.75, 3.05) is 33.4 Å². The van der Waals surface area contributed by atoms with E-state index in [4.69, 9.17) is 9.47 Å². The number of benzene rings is 2. The maximum atomic E-state index is 14.1. The molecule has 1 aliphatic rings. The summed E-state index contributed by atoms with van der Waals surface area (Å²) >= 11 is 1.61. The van der Waals surface area contributed by atoms with Crippen molar-refractivity contribution in [3.05, 3.63) is 76.2 Å². The SMILES string of the molecule is CCCN(CC(=O)N1CCc2sccc2[C@H]1COc1ccccc1F)S(=O)(=O)c1ccc(OC)cc1. The van der Waals surface area contributed by atoms with Gasteiger partial charge in [0, 0.05) is 18.0 Å². The molecule has 2 aromatic carbocycles.